The first-order valence-corrected chi connectivity index (χ1v) is 11.9. The summed E-state index contributed by atoms with van der Waals surface area (Å²) in [6.45, 7) is 2.45. The fraction of sp³-hybridized carbons (Fsp3) is 0.107. The van der Waals surface area contributed by atoms with Crippen LogP contribution in [0.4, 0.5) is 4.39 Å². The van der Waals surface area contributed by atoms with E-state index in [4.69, 9.17) is 5.11 Å². The molecule has 3 aromatic carbocycles. The Kier molecular flexibility index (Phi) is 9.59. The lowest BCUT2D eigenvalue weighted by atomic mass is 10.1. The van der Waals surface area contributed by atoms with Gasteiger partial charge in [-0.15, -0.1) is 0 Å². The molecule has 8 heteroatoms. The van der Waals surface area contributed by atoms with E-state index in [1.807, 2.05) is 24.3 Å². The molecule has 0 saturated heterocycles. The van der Waals surface area contributed by atoms with Crippen molar-refractivity contribution in [3.63, 3.8) is 0 Å². The normalized spacial score (nSPS) is 10.1. The van der Waals surface area contributed by atoms with E-state index in [9.17, 15) is 14.0 Å². The number of phenols is 1. The number of carbonyl (C=O) groups is 2. The number of phenolic OH excluding ortho intramolecular Hbond substituents is 1. The van der Waals surface area contributed by atoms with Gasteiger partial charge in [-0.3, -0.25) is 14.6 Å². The molecule has 6 nitrogen and oxygen atoms in total. The lowest BCUT2D eigenvalue weighted by molar-refractivity contribution is -0.109. The quantitative estimate of drug-likeness (QED) is 0.296. The van der Waals surface area contributed by atoms with E-state index in [1.165, 1.54) is 17.7 Å². The van der Waals surface area contributed by atoms with Crippen LogP contribution in [-0.4, -0.2) is 29.5 Å². The molecule has 0 atom stereocenters. The molecule has 0 fully saturated rings. The van der Waals surface area contributed by atoms with Gasteiger partial charge in [-0.05, 0) is 55.0 Å². The van der Waals surface area contributed by atoms with Crippen molar-refractivity contribution in [2.24, 2.45) is 0 Å². The van der Waals surface area contributed by atoms with Crippen LogP contribution in [0.5, 0.6) is 5.75 Å². The summed E-state index contributed by atoms with van der Waals surface area (Å²) in [5.74, 6) is -0.700. The highest BCUT2D eigenvalue weighted by Gasteiger charge is 2.10. The molecule has 2 amide bonds. The summed E-state index contributed by atoms with van der Waals surface area (Å²) in [5.41, 5.74) is 3.57. The smallest absolute Gasteiger partial charge is 0.252 e. The summed E-state index contributed by atoms with van der Waals surface area (Å²) >= 11 is 1.61. The van der Waals surface area contributed by atoms with Gasteiger partial charge in [0.15, 0.2) is 0 Å². The average Bonchev–Trinajstić information content (AvgIpc) is 2.89. The van der Waals surface area contributed by atoms with Gasteiger partial charge in [-0.2, -0.15) is 0 Å². The van der Waals surface area contributed by atoms with Crippen molar-refractivity contribution in [3.05, 3.63) is 108 Å². The third kappa shape index (κ3) is 7.41. The van der Waals surface area contributed by atoms with E-state index in [1.54, 1.807) is 37.1 Å². The van der Waals surface area contributed by atoms with E-state index in [2.05, 4.69) is 46.8 Å². The summed E-state index contributed by atoms with van der Waals surface area (Å²) in [5, 5.41) is 14.3. The number of pyridine rings is 1. The van der Waals surface area contributed by atoms with Gasteiger partial charge in [0.25, 0.3) is 5.91 Å². The average molecular weight is 504 g/mol. The van der Waals surface area contributed by atoms with Crippen LogP contribution in [0.25, 0.3) is 11.3 Å². The van der Waals surface area contributed by atoms with Crippen LogP contribution in [-0.2, 0) is 11.3 Å². The Morgan fingerprint density at radius 3 is 2.44 bits per heavy atom. The van der Waals surface area contributed by atoms with Crippen molar-refractivity contribution in [1.29, 1.82) is 0 Å². The Balaban J connectivity index is 0.000000201. The minimum Gasteiger partial charge on any atom is -0.508 e. The number of carbonyl (C=O) groups excluding carboxylic acids is 2. The fourth-order valence-electron chi connectivity index (χ4n) is 3.17. The van der Waals surface area contributed by atoms with E-state index in [0.29, 0.717) is 29.8 Å². The Morgan fingerprint density at radius 2 is 1.81 bits per heavy atom. The first-order valence-electron chi connectivity index (χ1n) is 11.1. The topological polar surface area (TPSA) is 91.3 Å². The van der Waals surface area contributed by atoms with Gasteiger partial charge in [0.05, 0.1) is 11.3 Å². The molecule has 1 aromatic heterocycles. The fourth-order valence-corrected chi connectivity index (χ4v) is 4.11. The van der Waals surface area contributed by atoms with Crippen LogP contribution in [0.1, 0.15) is 21.5 Å². The number of rotatable bonds is 7. The number of aryl methyl sites for hydroxylation is 1. The Labute approximate surface area is 213 Å². The Morgan fingerprint density at radius 1 is 1.06 bits per heavy atom. The van der Waals surface area contributed by atoms with Gasteiger partial charge < -0.3 is 15.7 Å². The number of benzene rings is 3. The van der Waals surface area contributed by atoms with Crippen molar-refractivity contribution >= 4 is 24.1 Å². The predicted molar refractivity (Wildman–Crippen MR) is 139 cm³/mol. The monoisotopic (exact) mass is 503 g/mol. The van der Waals surface area contributed by atoms with Crippen LogP contribution in [0, 0.1) is 12.7 Å². The summed E-state index contributed by atoms with van der Waals surface area (Å²) in [7, 11) is 1.65. The molecule has 0 aliphatic rings. The van der Waals surface area contributed by atoms with Crippen molar-refractivity contribution < 1.29 is 19.1 Å². The summed E-state index contributed by atoms with van der Waals surface area (Å²) in [6.07, 6.45) is 2.17. The molecule has 0 unspecified atom stereocenters. The molecule has 0 spiro atoms. The number of aromatic hydroxyl groups is 1. The van der Waals surface area contributed by atoms with Crippen LogP contribution in [0.3, 0.4) is 0 Å². The SMILES string of the molecule is CNC(=O)c1ccccc1Sc1ccc(C)cc1.O=CNCc1ccc(-c2ccc(O)cc2F)nc1. The van der Waals surface area contributed by atoms with Crippen molar-refractivity contribution in [1.82, 2.24) is 15.6 Å². The number of aromatic nitrogens is 1. The molecular weight excluding hydrogens is 477 g/mol. The Bertz CT molecular complexity index is 1310. The van der Waals surface area contributed by atoms with Crippen LogP contribution in [0.15, 0.2) is 94.9 Å². The molecule has 4 aromatic rings. The number of nitrogens with zero attached hydrogens (tertiary/aromatic N) is 1. The molecule has 0 aliphatic carbocycles. The first-order chi connectivity index (χ1) is 17.4. The second kappa shape index (κ2) is 13.1. The summed E-state index contributed by atoms with van der Waals surface area (Å²) < 4.78 is 13.6. The predicted octanol–water partition coefficient (Wildman–Crippen LogP) is 5.35. The largest absolute Gasteiger partial charge is 0.508 e. The van der Waals surface area contributed by atoms with Gasteiger partial charge in [0.1, 0.15) is 11.6 Å². The van der Waals surface area contributed by atoms with Crippen molar-refractivity contribution in [2.45, 2.75) is 23.3 Å². The van der Waals surface area contributed by atoms with E-state index >= 15 is 0 Å². The van der Waals surface area contributed by atoms with Gasteiger partial charge in [0.2, 0.25) is 6.41 Å². The van der Waals surface area contributed by atoms with Crippen LogP contribution < -0.4 is 10.6 Å². The maximum atomic E-state index is 13.6. The Hall–Kier alpha value is -4.17. The number of nitrogens with one attached hydrogen (secondary N) is 2. The van der Waals surface area contributed by atoms with Gasteiger partial charge in [0, 0.05) is 41.2 Å². The third-order valence-corrected chi connectivity index (χ3v) is 6.13. The van der Waals surface area contributed by atoms with E-state index < -0.39 is 5.82 Å². The molecule has 1 heterocycles. The number of amides is 2. The molecule has 0 saturated carbocycles. The number of halogens is 1. The molecular formula is C28H26FN3O3S. The van der Waals surface area contributed by atoms with Gasteiger partial charge >= 0.3 is 0 Å². The number of hydrogen-bond acceptors (Lipinski definition) is 5. The zero-order chi connectivity index (χ0) is 25.9. The highest BCUT2D eigenvalue weighted by molar-refractivity contribution is 7.99. The molecule has 4 rings (SSSR count). The van der Waals surface area contributed by atoms with E-state index in [-0.39, 0.29) is 11.7 Å². The highest BCUT2D eigenvalue weighted by atomic mass is 32.2. The van der Waals surface area contributed by atoms with E-state index in [0.717, 1.165) is 21.4 Å². The molecule has 0 bridgehead atoms. The molecule has 3 N–H and O–H groups in total. The van der Waals surface area contributed by atoms with Crippen molar-refractivity contribution in [3.8, 4) is 17.0 Å². The van der Waals surface area contributed by atoms with Gasteiger partial charge in [-0.25, -0.2) is 4.39 Å². The van der Waals surface area contributed by atoms with Crippen molar-refractivity contribution in [2.75, 3.05) is 7.05 Å². The second-order valence-corrected chi connectivity index (χ2v) is 8.82. The maximum Gasteiger partial charge on any atom is 0.252 e. The lowest BCUT2D eigenvalue weighted by Gasteiger charge is -2.07. The zero-order valence-electron chi connectivity index (χ0n) is 19.9. The second-order valence-electron chi connectivity index (χ2n) is 7.70. The summed E-state index contributed by atoms with van der Waals surface area (Å²) in [4.78, 5) is 28.1. The van der Waals surface area contributed by atoms with Crippen LogP contribution >= 0.6 is 11.8 Å². The molecule has 184 valence electrons. The first kappa shape index (κ1) is 26.4. The molecule has 36 heavy (non-hydrogen) atoms. The standard InChI is InChI=1S/C15H15NOS.C13H11FN2O2/c1-11-7-9-12(10-8-11)18-14-6-4-3-5-13(14)15(17)16-2;14-12-5-10(18)2-3-11(12)13-4-1-9(7-16-13)6-15-8-17/h3-10H,1-2H3,(H,16,17);1-5,7-8,18H,6H2,(H,15,17). The number of hydrogen-bond donors (Lipinski definition) is 3. The zero-order valence-corrected chi connectivity index (χ0v) is 20.7. The molecule has 0 aliphatic heterocycles. The maximum absolute atomic E-state index is 13.6. The highest BCUT2D eigenvalue weighted by Crippen LogP contribution is 2.30. The third-order valence-electron chi connectivity index (χ3n) is 5.05. The minimum absolute atomic E-state index is 0.0507. The lowest BCUT2D eigenvalue weighted by Crippen LogP contribution is -2.18. The van der Waals surface area contributed by atoms with Crippen LogP contribution in [0.2, 0.25) is 0 Å². The van der Waals surface area contributed by atoms with Gasteiger partial charge in [-0.1, -0.05) is 47.7 Å². The molecule has 0 radical (unpaired) electrons. The summed E-state index contributed by atoms with van der Waals surface area (Å²) in [6, 6.07) is 23.3. The minimum atomic E-state index is -0.527.